The second-order valence-electron chi connectivity index (χ2n) is 5.73. The Hall–Kier alpha value is -0.900. The first-order chi connectivity index (χ1) is 8.64. The summed E-state index contributed by atoms with van der Waals surface area (Å²) >= 11 is 0. The lowest BCUT2D eigenvalue weighted by Crippen LogP contribution is -2.49. The monoisotopic (exact) mass is 247 g/mol. The number of nitrogens with one attached hydrogen (secondary N) is 1. The molecular formula is C15H21NO2. The van der Waals surface area contributed by atoms with Crippen LogP contribution in [-0.2, 0) is 15.9 Å². The number of hydrogen-bond donors (Lipinski definition) is 1. The molecule has 0 amide bonds. The molecule has 1 aliphatic heterocycles. The van der Waals surface area contributed by atoms with Crippen LogP contribution >= 0.6 is 0 Å². The molecule has 1 fully saturated rings. The maximum atomic E-state index is 5.65. The van der Waals surface area contributed by atoms with Gasteiger partial charge in [0.15, 0.2) is 5.79 Å². The van der Waals surface area contributed by atoms with Crippen LogP contribution in [0, 0.1) is 0 Å². The summed E-state index contributed by atoms with van der Waals surface area (Å²) in [4.78, 5) is 0. The van der Waals surface area contributed by atoms with Crippen LogP contribution < -0.4 is 5.32 Å². The maximum Gasteiger partial charge on any atom is 0.162 e. The third-order valence-corrected chi connectivity index (χ3v) is 3.88. The van der Waals surface area contributed by atoms with Crippen molar-refractivity contribution in [3.8, 4) is 0 Å². The Morgan fingerprint density at radius 3 is 2.67 bits per heavy atom. The summed E-state index contributed by atoms with van der Waals surface area (Å²) in [6.07, 6.45) is 1.20. The second-order valence-corrected chi connectivity index (χ2v) is 5.73. The van der Waals surface area contributed by atoms with E-state index < -0.39 is 5.79 Å². The standard InChI is InChI=1S/C15H21NO2/c1-15(2)17-9-13(10-18-15)16-8-12-7-11-5-3-4-6-14(11)12/h3-6,12-13,16H,7-10H2,1-2H3. The average molecular weight is 247 g/mol. The van der Waals surface area contributed by atoms with Gasteiger partial charge in [-0.25, -0.2) is 0 Å². The molecule has 1 unspecified atom stereocenters. The van der Waals surface area contributed by atoms with E-state index in [0.717, 1.165) is 19.8 Å². The molecule has 3 rings (SSSR count). The van der Waals surface area contributed by atoms with Crippen molar-refractivity contribution >= 4 is 0 Å². The van der Waals surface area contributed by atoms with E-state index in [0.29, 0.717) is 12.0 Å². The highest BCUT2D eigenvalue weighted by molar-refractivity contribution is 5.40. The fourth-order valence-electron chi connectivity index (χ4n) is 2.66. The van der Waals surface area contributed by atoms with Gasteiger partial charge in [-0.3, -0.25) is 0 Å². The van der Waals surface area contributed by atoms with Crippen LogP contribution in [0.1, 0.15) is 30.9 Å². The maximum absolute atomic E-state index is 5.65. The first kappa shape index (κ1) is 12.2. The third kappa shape index (κ3) is 2.44. The Morgan fingerprint density at radius 2 is 1.94 bits per heavy atom. The molecule has 2 aliphatic rings. The third-order valence-electron chi connectivity index (χ3n) is 3.88. The van der Waals surface area contributed by atoms with Crippen molar-refractivity contribution in [2.75, 3.05) is 19.8 Å². The summed E-state index contributed by atoms with van der Waals surface area (Å²) in [5, 5.41) is 3.55. The molecule has 1 heterocycles. The van der Waals surface area contributed by atoms with Gasteiger partial charge in [0.1, 0.15) is 0 Å². The van der Waals surface area contributed by atoms with Crippen molar-refractivity contribution in [1.29, 1.82) is 0 Å². The van der Waals surface area contributed by atoms with Crippen LogP contribution in [0.4, 0.5) is 0 Å². The molecule has 3 heteroatoms. The molecule has 0 radical (unpaired) electrons. The normalized spacial score (nSPS) is 26.4. The lowest BCUT2D eigenvalue weighted by Gasteiger charge is -2.37. The van der Waals surface area contributed by atoms with E-state index in [9.17, 15) is 0 Å². The van der Waals surface area contributed by atoms with E-state index in [-0.39, 0.29) is 0 Å². The number of fused-ring (bicyclic) bond motifs is 1. The smallest absolute Gasteiger partial charge is 0.162 e. The molecule has 1 atom stereocenters. The zero-order valence-corrected chi connectivity index (χ0v) is 11.1. The van der Waals surface area contributed by atoms with Gasteiger partial charge in [0.25, 0.3) is 0 Å². The molecule has 1 aromatic rings. The molecule has 3 nitrogen and oxygen atoms in total. The van der Waals surface area contributed by atoms with Crippen LogP contribution in [0.2, 0.25) is 0 Å². The topological polar surface area (TPSA) is 30.5 Å². The van der Waals surface area contributed by atoms with Crippen LogP contribution in [-0.4, -0.2) is 31.6 Å². The van der Waals surface area contributed by atoms with E-state index in [1.165, 1.54) is 17.5 Å². The van der Waals surface area contributed by atoms with Crippen LogP contribution in [0.25, 0.3) is 0 Å². The summed E-state index contributed by atoms with van der Waals surface area (Å²) in [6.45, 7) is 6.42. The molecule has 98 valence electrons. The number of benzene rings is 1. The van der Waals surface area contributed by atoms with Gasteiger partial charge in [0.2, 0.25) is 0 Å². The summed E-state index contributed by atoms with van der Waals surface area (Å²) in [6, 6.07) is 9.03. The minimum atomic E-state index is -0.415. The molecule has 0 saturated carbocycles. The van der Waals surface area contributed by atoms with E-state index in [2.05, 4.69) is 29.6 Å². The van der Waals surface area contributed by atoms with Gasteiger partial charge in [0.05, 0.1) is 19.3 Å². The summed E-state index contributed by atoms with van der Waals surface area (Å²) in [5.41, 5.74) is 3.00. The predicted octanol–water partition coefficient (Wildman–Crippen LogP) is 2.07. The summed E-state index contributed by atoms with van der Waals surface area (Å²) in [5.74, 6) is 0.248. The lowest BCUT2D eigenvalue weighted by molar-refractivity contribution is -0.252. The Kier molecular flexibility index (Phi) is 3.14. The molecule has 0 bridgehead atoms. The van der Waals surface area contributed by atoms with Gasteiger partial charge in [-0.2, -0.15) is 0 Å². The first-order valence-electron chi connectivity index (χ1n) is 6.73. The van der Waals surface area contributed by atoms with Gasteiger partial charge in [0, 0.05) is 12.5 Å². The highest BCUT2D eigenvalue weighted by atomic mass is 16.7. The molecule has 1 aliphatic carbocycles. The fourth-order valence-corrected chi connectivity index (χ4v) is 2.66. The Balaban J connectivity index is 1.47. The summed E-state index contributed by atoms with van der Waals surface area (Å²) < 4.78 is 11.3. The predicted molar refractivity (Wildman–Crippen MR) is 70.7 cm³/mol. The first-order valence-corrected chi connectivity index (χ1v) is 6.73. The quantitative estimate of drug-likeness (QED) is 0.887. The van der Waals surface area contributed by atoms with Crippen molar-refractivity contribution in [3.63, 3.8) is 0 Å². The van der Waals surface area contributed by atoms with E-state index in [4.69, 9.17) is 9.47 Å². The molecule has 1 N–H and O–H groups in total. The van der Waals surface area contributed by atoms with E-state index in [1.807, 2.05) is 13.8 Å². The SMILES string of the molecule is CC1(C)OCC(NCC2Cc3ccccc32)CO1. The van der Waals surface area contributed by atoms with Gasteiger partial charge < -0.3 is 14.8 Å². The van der Waals surface area contributed by atoms with Crippen molar-refractivity contribution in [3.05, 3.63) is 35.4 Å². The van der Waals surface area contributed by atoms with Crippen LogP contribution in [0.15, 0.2) is 24.3 Å². The van der Waals surface area contributed by atoms with Crippen molar-refractivity contribution in [1.82, 2.24) is 5.32 Å². The molecular weight excluding hydrogens is 226 g/mol. The molecule has 0 spiro atoms. The van der Waals surface area contributed by atoms with Crippen molar-refractivity contribution in [2.45, 2.75) is 38.0 Å². The molecule has 1 saturated heterocycles. The summed E-state index contributed by atoms with van der Waals surface area (Å²) in [7, 11) is 0. The largest absolute Gasteiger partial charge is 0.349 e. The molecule has 1 aromatic carbocycles. The van der Waals surface area contributed by atoms with Gasteiger partial charge in [-0.1, -0.05) is 24.3 Å². The number of ether oxygens (including phenoxy) is 2. The zero-order valence-electron chi connectivity index (χ0n) is 11.1. The minimum absolute atomic E-state index is 0.325. The van der Waals surface area contributed by atoms with E-state index >= 15 is 0 Å². The number of hydrogen-bond acceptors (Lipinski definition) is 3. The Morgan fingerprint density at radius 1 is 1.22 bits per heavy atom. The molecule has 0 aromatic heterocycles. The van der Waals surface area contributed by atoms with Gasteiger partial charge >= 0.3 is 0 Å². The van der Waals surface area contributed by atoms with Crippen molar-refractivity contribution in [2.24, 2.45) is 0 Å². The number of rotatable bonds is 3. The van der Waals surface area contributed by atoms with E-state index in [1.54, 1.807) is 0 Å². The Bertz CT molecular complexity index is 420. The minimum Gasteiger partial charge on any atom is -0.349 e. The lowest BCUT2D eigenvalue weighted by atomic mass is 9.77. The highest BCUT2D eigenvalue weighted by Crippen LogP contribution is 2.34. The van der Waals surface area contributed by atoms with Gasteiger partial charge in [-0.15, -0.1) is 0 Å². The van der Waals surface area contributed by atoms with Crippen LogP contribution in [0.3, 0.4) is 0 Å². The average Bonchev–Trinajstić information content (AvgIpc) is 2.32. The van der Waals surface area contributed by atoms with Crippen molar-refractivity contribution < 1.29 is 9.47 Å². The Labute approximate surface area is 108 Å². The highest BCUT2D eigenvalue weighted by Gasteiger charge is 2.30. The molecule has 18 heavy (non-hydrogen) atoms. The van der Waals surface area contributed by atoms with Gasteiger partial charge in [-0.05, 0) is 31.4 Å². The fraction of sp³-hybridized carbons (Fsp3) is 0.600. The van der Waals surface area contributed by atoms with Crippen LogP contribution in [0.5, 0.6) is 0 Å². The zero-order chi connectivity index (χ0) is 12.6. The second kappa shape index (κ2) is 4.65.